The van der Waals surface area contributed by atoms with Crippen molar-refractivity contribution in [1.29, 1.82) is 0 Å². The Morgan fingerprint density at radius 2 is 1.91 bits per heavy atom. The summed E-state index contributed by atoms with van der Waals surface area (Å²) < 4.78 is 5.40. The van der Waals surface area contributed by atoms with Crippen molar-refractivity contribution in [1.82, 2.24) is 15.3 Å². The number of aromatic nitrogens is 2. The topological polar surface area (TPSA) is 79.7 Å². The van der Waals surface area contributed by atoms with Crippen molar-refractivity contribution in [3.05, 3.63) is 80.9 Å². The predicted octanol–water partition coefficient (Wildman–Crippen LogP) is 5.69. The molecule has 1 aliphatic heterocycles. The molecule has 2 aromatic carbocycles. The highest BCUT2D eigenvalue weighted by atomic mass is 35.5. The van der Waals surface area contributed by atoms with Crippen molar-refractivity contribution in [3.63, 3.8) is 0 Å². The van der Waals surface area contributed by atoms with E-state index in [4.69, 9.17) is 26.4 Å². The average molecular weight is 506 g/mol. The summed E-state index contributed by atoms with van der Waals surface area (Å²) in [4.78, 5) is 22.3. The molecule has 0 radical (unpaired) electrons. The number of nitrogens with one attached hydrogen (secondary N) is 1. The molecule has 9 heteroatoms. The largest absolute Gasteiger partial charge is 0.497 e. The van der Waals surface area contributed by atoms with Gasteiger partial charge in [0, 0.05) is 24.4 Å². The fourth-order valence-electron chi connectivity index (χ4n) is 4.16. The summed E-state index contributed by atoms with van der Waals surface area (Å²) in [6.45, 7) is 3.89. The van der Waals surface area contributed by atoms with Gasteiger partial charge in [0.05, 0.1) is 30.1 Å². The van der Waals surface area contributed by atoms with Crippen molar-refractivity contribution in [2.45, 2.75) is 26.3 Å². The maximum atomic E-state index is 12.4. The highest BCUT2D eigenvalue weighted by Crippen LogP contribution is 2.42. The van der Waals surface area contributed by atoms with Gasteiger partial charge in [-0.25, -0.2) is 15.0 Å². The zero-order valence-corrected chi connectivity index (χ0v) is 21.4. The van der Waals surface area contributed by atoms with Gasteiger partial charge < -0.3 is 10.1 Å². The van der Waals surface area contributed by atoms with Gasteiger partial charge in [0.25, 0.3) is 5.91 Å². The van der Waals surface area contributed by atoms with Crippen molar-refractivity contribution in [2.75, 3.05) is 19.2 Å². The summed E-state index contributed by atoms with van der Waals surface area (Å²) in [5.41, 5.74) is 5.43. The normalized spacial score (nSPS) is 15.4. The average Bonchev–Trinajstić information content (AvgIpc) is 3.47. The van der Waals surface area contributed by atoms with Crippen molar-refractivity contribution < 1.29 is 9.53 Å². The van der Waals surface area contributed by atoms with E-state index in [1.54, 1.807) is 14.2 Å². The SMILES string of the molecule is CNC(=O)c1sc(N2N=C(c3ccc(C)cc3)CC2c2cc3cc(OC)ccc3nc2Cl)nc1C. The Bertz CT molecular complexity index is 1460. The summed E-state index contributed by atoms with van der Waals surface area (Å²) in [5.74, 6) is 0.584. The zero-order chi connectivity index (χ0) is 24.7. The van der Waals surface area contributed by atoms with Crippen LogP contribution in [0.5, 0.6) is 5.75 Å². The van der Waals surface area contributed by atoms with Gasteiger partial charge in [0.1, 0.15) is 15.8 Å². The van der Waals surface area contributed by atoms with E-state index in [-0.39, 0.29) is 11.9 Å². The number of hydrogen-bond acceptors (Lipinski definition) is 7. The number of pyridine rings is 1. The summed E-state index contributed by atoms with van der Waals surface area (Å²) in [7, 11) is 3.25. The Balaban J connectivity index is 1.63. The minimum atomic E-state index is -0.231. The predicted molar refractivity (Wildman–Crippen MR) is 141 cm³/mol. The van der Waals surface area contributed by atoms with E-state index in [0.717, 1.165) is 33.5 Å². The van der Waals surface area contributed by atoms with E-state index in [9.17, 15) is 4.79 Å². The van der Waals surface area contributed by atoms with E-state index in [1.165, 1.54) is 16.9 Å². The van der Waals surface area contributed by atoms with Gasteiger partial charge >= 0.3 is 0 Å². The number of carbonyl (C=O) groups is 1. The number of hydrazone groups is 1. The molecule has 0 saturated heterocycles. The van der Waals surface area contributed by atoms with Gasteiger partial charge in [-0.2, -0.15) is 5.10 Å². The number of methoxy groups -OCH3 is 1. The lowest BCUT2D eigenvalue weighted by Gasteiger charge is -2.22. The number of ether oxygens (including phenoxy) is 1. The molecule has 1 amide bonds. The molecule has 2 aromatic heterocycles. The van der Waals surface area contributed by atoms with Gasteiger partial charge in [0.15, 0.2) is 0 Å². The zero-order valence-electron chi connectivity index (χ0n) is 19.8. The molecule has 3 heterocycles. The summed E-state index contributed by atoms with van der Waals surface area (Å²) in [6.07, 6.45) is 0.619. The van der Waals surface area contributed by atoms with Gasteiger partial charge in [-0.05, 0) is 43.7 Å². The lowest BCUT2D eigenvalue weighted by molar-refractivity contribution is 0.0966. The van der Waals surface area contributed by atoms with Crippen LogP contribution >= 0.6 is 22.9 Å². The second-order valence-electron chi connectivity index (χ2n) is 8.39. The van der Waals surface area contributed by atoms with Gasteiger partial charge in [-0.1, -0.05) is 52.8 Å². The molecule has 0 spiro atoms. The molecule has 0 bridgehead atoms. The number of anilines is 1. The molecule has 1 atom stereocenters. The number of carbonyl (C=O) groups excluding carboxylic acids is 1. The molecule has 0 aliphatic carbocycles. The van der Waals surface area contributed by atoms with Crippen LogP contribution in [-0.2, 0) is 0 Å². The number of nitrogens with zero attached hydrogens (tertiary/aromatic N) is 4. The van der Waals surface area contributed by atoms with E-state index in [2.05, 4.69) is 41.5 Å². The second kappa shape index (κ2) is 9.28. The third-order valence-electron chi connectivity index (χ3n) is 6.07. The molecule has 0 fully saturated rings. The Hall–Kier alpha value is -3.49. The first kappa shape index (κ1) is 23.3. The van der Waals surface area contributed by atoms with Crippen LogP contribution in [0.1, 0.15) is 44.5 Å². The van der Waals surface area contributed by atoms with Gasteiger partial charge in [-0.15, -0.1) is 0 Å². The van der Waals surface area contributed by atoms with Crippen LogP contribution in [0.4, 0.5) is 5.13 Å². The van der Waals surface area contributed by atoms with Crippen LogP contribution in [0.3, 0.4) is 0 Å². The minimum absolute atomic E-state index is 0.165. The molecular weight excluding hydrogens is 482 g/mol. The lowest BCUT2D eigenvalue weighted by Crippen LogP contribution is -2.19. The Kier molecular flexibility index (Phi) is 6.17. The number of halogens is 1. The van der Waals surface area contributed by atoms with E-state index in [1.807, 2.05) is 36.2 Å². The van der Waals surface area contributed by atoms with Crippen LogP contribution in [0.2, 0.25) is 5.15 Å². The molecule has 5 rings (SSSR count). The number of aryl methyl sites for hydroxylation is 2. The molecule has 1 N–H and O–H groups in total. The fourth-order valence-corrected chi connectivity index (χ4v) is 5.45. The Labute approximate surface area is 212 Å². The number of rotatable bonds is 5. The van der Waals surface area contributed by atoms with Crippen molar-refractivity contribution in [2.24, 2.45) is 5.10 Å². The highest BCUT2D eigenvalue weighted by molar-refractivity contribution is 7.17. The standard InChI is InChI=1S/C26H24ClN5O2S/c1-14-5-7-16(8-6-14)21-13-22(32(31-21)26-29-15(2)23(35-26)25(33)28-3)19-12-17-11-18(34-4)9-10-20(17)30-24(19)27/h5-12,22H,13H2,1-4H3,(H,28,33). The molecule has 1 aliphatic rings. The van der Waals surface area contributed by atoms with Crippen LogP contribution in [0.15, 0.2) is 53.6 Å². The van der Waals surface area contributed by atoms with Crippen molar-refractivity contribution in [3.8, 4) is 5.75 Å². The molecular formula is C26H24ClN5O2S. The van der Waals surface area contributed by atoms with Crippen LogP contribution < -0.4 is 15.1 Å². The summed E-state index contributed by atoms with van der Waals surface area (Å²) in [5, 5.41) is 11.5. The third-order valence-corrected chi connectivity index (χ3v) is 7.52. The Morgan fingerprint density at radius 3 is 2.63 bits per heavy atom. The molecule has 1 unspecified atom stereocenters. The van der Waals surface area contributed by atoms with Crippen molar-refractivity contribution >= 4 is 50.6 Å². The second-order valence-corrected chi connectivity index (χ2v) is 9.73. The number of thiazole rings is 1. The van der Waals surface area contributed by atoms with Crippen LogP contribution in [0, 0.1) is 13.8 Å². The maximum Gasteiger partial charge on any atom is 0.263 e. The smallest absolute Gasteiger partial charge is 0.263 e. The number of hydrogen-bond donors (Lipinski definition) is 1. The summed E-state index contributed by atoms with van der Waals surface area (Å²) in [6, 6.07) is 15.8. The number of fused-ring (bicyclic) bond motifs is 1. The van der Waals surface area contributed by atoms with Crippen LogP contribution in [0.25, 0.3) is 10.9 Å². The van der Waals surface area contributed by atoms with Gasteiger partial charge in [-0.3, -0.25) is 4.79 Å². The van der Waals surface area contributed by atoms with E-state index in [0.29, 0.717) is 27.3 Å². The summed E-state index contributed by atoms with van der Waals surface area (Å²) >= 11 is 8.05. The van der Waals surface area contributed by atoms with Crippen LogP contribution in [-0.4, -0.2) is 35.7 Å². The molecule has 4 aromatic rings. The highest BCUT2D eigenvalue weighted by Gasteiger charge is 2.34. The molecule has 7 nitrogen and oxygen atoms in total. The quantitative estimate of drug-likeness (QED) is 0.353. The maximum absolute atomic E-state index is 12.4. The first-order valence-corrected chi connectivity index (χ1v) is 12.3. The lowest BCUT2D eigenvalue weighted by atomic mass is 9.98. The molecule has 178 valence electrons. The first-order chi connectivity index (χ1) is 16.9. The molecule has 35 heavy (non-hydrogen) atoms. The first-order valence-electron chi connectivity index (χ1n) is 11.2. The number of benzene rings is 2. The van der Waals surface area contributed by atoms with E-state index >= 15 is 0 Å². The third kappa shape index (κ3) is 4.35. The monoisotopic (exact) mass is 505 g/mol. The van der Waals surface area contributed by atoms with Gasteiger partial charge in [0.2, 0.25) is 5.13 Å². The Morgan fingerprint density at radius 1 is 1.14 bits per heavy atom. The molecule has 0 saturated carbocycles. The minimum Gasteiger partial charge on any atom is -0.497 e. The van der Waals surface area contributed by atoms with E-state index < -0.39 is 0 Å². The fraction of sp³-hybridized carbons (Fsp3) is 0.231. The number of amides is 1.